The van der Waals surface area contributed by atoms with Gasteiger partial charge in [0.15, 0.2) is 0 Å². The number of benzene rings is 1. The molecule has 18 heavy (non-hydrogen) atoms. The first-order valence-corrected chi connectivity index (χ1v) is 6.48. The summed E-state index contributed by atoms with van der Waals surface area (Å²) in [4.78, 5) is 12.1. The number of quaternary nitrogens is 1. The van der Waals surface area contributed by atoms with Gasteiger partial charge in [0, 0.05) is 12.0 Å². The van der Waals surface area contributed by atoms with E-state index in [1.807, 2.05) is 39.8 Å². The molecular formula is C15H22NO2+. The van der Waals surface area contributed by atoms with Crippen LogP contribution in [0.5, 0.6) is 0 Å². The Bertz CT molecular complexity index is 486. The van der Waals surface area contributed by atoms with Gasteiger partial charge in [0.05, 0.1) is 5.56 Å². The molecule has 0 heterocycles. The average molecular weight is 248 g/mol. The molecule has 1 aliphatic carbocycles. The molecule has 0 fully saturated rings. The third-order valence-corrected chi connectivity index (χ3v) is 3.44. The summed E-state index contributed by atoms with van der Waals surface area (Å²) in [6, 6.07) is 4.28. The molecule has 2 rings (SSSR count). The molecule has 3 nitrogen and oxygen atoms in total. The van der Waals surface area contributed by atoms with Gasteiger partial charge in [-0.25, -0.2) is 4.79 Å². The first kappa shape index (κ1) is 13.1. The van der Waals surface area contributed by atoms with Crippen LogP contribution in [0.25, 0.3) is 0 Å². The fraction of sp³-hybridized carbons (Fsp3) is 0.533. The van der Waals surface area contributed by atoms with Crippen LogP contribution in [-0.4, -0.2) is 11.6 Å². The zero-order chi connectivity index (χ0) is 13.5. The van der Waals surface area contributed by atoms with E-state index in [-0.39, 0.29) is 5.97 Å². The molecule has 0 aliphatic heterocycles. The maximum atomic E-state index is 12.1. The van der Waals surface area contributed by atoms with Gasteiger partial charge in [-0.3, -0.25) is 0 Å². The van der Waals surface area contributed by atoms with Crippen LogP contribution < -0.4 is 5.73 Å². The highest BCUT2D eigenvalue weighted by molar-refractivity contribution is 5.92. The summed E-state index contributed by atoms with van der Waals surface area (Å²) < 4.78 is 5.44. The summed E-state index contributed by atoms with van der Waals surface area (Å²) in [5, 5.41) is 0. The topological polar surface area (TPSA) is 53.9 Å². The van der Waals surface area contributed by atoms with Crippen molar-refractivity contribution in [1.82, 2.24) is 0 Å². The predicted octanol–water partition coefficient (Wildman–Crippen LogP) is 2.18. The molecule has 0 saturated carbocycles. The Balaban J connectivity index is 2.34. The van der Waals surface area contributed by atoms with Crippen LogP contribution in [0.1, 0.15) is 60.3 Å². The van der Waals surface area contributed by atoms with Gasteiger partial charge >= 0.3 is 5.97 Å². The van der Waals surface area contributed by atoms with Crippen LogP contribution in [0, 0.1) is 6.92 Å². The number of rotatable bonds is 1. The van der Waals surface area contributed by atoms with Crippen molar-refractivity contribution in [3.63, 3.8) is 0 Å². The van der Waals surface area contributed by atoms with E-state index >= 15 is 0 Å². The Morgan fingerprint density at radius 1 is 1.39 bits per heavy atom. The summed E-state index contributed by atoms with van der Waals surface area (Å²) in [7, 11) is 0. The lowest BCUT2D eigenvalue weighted by Gasteiger charge is -2.20. The number of carbonyl (C=O) groups is 1. The van der Waals surface area contributed by atoms with Crippen molar-refractivity contribution in [1.29, 1.82) is 0 Å². The molecule has 3 heteroatoms. The quantitative estimate of drug-likeness (QED) is 0.774. The Morgan fingerprint density at radius 3 is 2.67 bits per heavy atom. The molecule has 1 aliphatic rings. The van der Waals surface area contributed by atoms with E-state index in [1.54, 1.807) is 0 Å². The van der Waals surface area contributed by atoms with Crippen LogP contribution in [-0.2, 0) is 11.2 Å². The van der Waals surface area contributed by atoms with Crippen molar-refractivity contribution in [3.8, 4) is 0 Å². The highest BCUT2D eigenvalue weighted by Crippen LogP contribution is 2.32. The summed E-state index contributed by atoms with van der Waals surface area (Å²) >= 11 is 0. The Labute approximate surface area is 108 Å². The Hall–Kier alpha value is -1.35. The van der Waals surface area contributed by atoms with Gasteiger partial charge in [-0.05, 0) is 51.3 Å². The minimum atomic E-state index is -0.447. The lowest BCUT2D eigenvalue weighted by Crippen LogP contribution is -2.52. The number of carbonyl (C=O) groups excluding carboxylic acids is 1. The fourth-order valence-corrected chi connectivity index (χ4v) is 2.52. The van der Waals surface area contributed by atoms with Gasteiger partial charge in [-0.2, -0.15) is 0 Å². The van der Waals surface area contributed by atoms with E-state index < -0.39 is 5.60 Å². The zero-order valence-electron chi connectivity index (χ0n) is 11.7. The van der Waals surface area contributed by atoms with E-state index in [9.17, 15) is 4.79 Å². The summed E-state index contributed by atoms with van der Waals surface area (Å²) in [6.07, 6.45) is 2.10. The molecular weight excluding hydrogens is 226 g/mol. The molecule has 1 aromatic rings. The van der Waals surface area contributed by atoms with Crippen molar-refractivity contribution < 1.29 is 15.3 Å². The van der Waals surface area contributed by atoms with Crippen molar-refractivity contribution in [2.75, 3.05) is 0 Å². The summed E-state index contributed by atoms with van der Waals surface area (Å²) in [5.41, 5.74) is 8.03. The molecule has 0 saturated heterocycles. The van der Waals surface area contributed by atoms with Crippen LogP contribution >= 0.6 is 0 Å². The van der Waals surface area contributed by atoms with E-state index in [2.05, 4.69) is 5.73 Å². The van der Waals surface area contributed by atoms with E-state index in [0.717, 1.165) is 18.4 Å². The Morgan fingerprint density at radius 2 is 2.06 bits per heavy atom. The van der Waals surface area contributed by atoms with Gasteiger partial charge in [0.2, 0.25) is 0 Å². The van der Waals surface area contributed by atoms with Crippen molar-refractivity contribution in [2.45, 2.75) is 52.2 Å². The van der Waals surface area contributed by atoms with Crippen LogP contribution in [0.15, 0.2) is 12.1 Å². The van der Waals surface area contributed by atoms with Gasteiger partial charge in [0.1, 0.15) is 11.6 Å². The fourth-order valence-electron chi connectivity index (χ4n) is 2.52. The van der Waals surface area contributed by atoms with E-state index in [1.165, 1.54) is 11.1 Å². The second-order valence-electron chi connectivity index (χ2n) is 6.04. The summed E-state index contributed by atoms with van der Waals surface area (Å²) in [6.45, 7) is 7.68. The molecule has 0 spiro atoms. The van der Waals surface area contributed by atoms with Gasteiger partial charge in [-0.15, -0.1) is 0 Å². The molecule has 98 valence electrons. The Kier molecular flexibility index (Phi) is 3.20. The SMILES string of the molecule is Cc1c(C(=O)OC(C)(C)C)ccc2c1CC[C@@H]2[NH3+]. The second-order valence-corrected chi connectivity index (χ2v) is 6.04. The van der Waals surface area contributed by atoms with E-state index in [4.69, 9.17) is 4.74 Å². The molecule has 0 radical (unpaired) electrons. The van der Waals surface area contributed by atoms with Crippen LogP contribution in [0.3, 0.4) is 0 Å². The number of hydrogen-bond acceptors (Lipinski definition) is 2. The van der Waals surface area contributed by atoms with Crippen LogP contribution in [0.2, 0.25) is 0 Å². The van der Waals surface area contributed by atoms with Gasteiger partial charge in [-0.1, -0.05) is 6.07 Å². The maximum Gasteiger partial charge on any atom is 0.338 e. The van der Waals surface area contributed by atoms with Gasteiger partial charge < -0.3 is 10.5 Å². The minimum absolute atomic E-state index is 0.227. The lowest BCUT2D eigenvalue weighted by molar-refractivity contribution is -0.425. The van der Waals surface area contributed by atoms with Crippen LogP contribution in [0.4, 0.5) is 0 Å². The third kappa shape index (κ3) is 2.41. The number of hydrogen-bond donors (Lipinski definition) is 1. The average Bonchev–Trinajstić information content (AvgIpc) is 2.59. The normalized spacial score (nSPS) is 18.6. The number of fused-ring (bicyclic) bond motifs is 1. The summed E-state index contributed by atoms with van der Waals surface area (Å²) in [5.74, 6) is -0.227. The minimum Gasteiger partial charge on any atom is -0.456 e. The highest BCUT2D eigenvalue weighted by Gasteiger charge is 2.27. The molecule has 0 bridgehead atoms. The second kappa shape index (κ2) is 4.39. The third-order valence-electron chi connectivity index (χ3n) is 3.44. The van der Waals surface area contributed by atoms with Crippen molar-refractivity contribution in [3.05, 3.63) is 34.4 Å². The first-order valence-electron chi connectivity index (χ1n) is 6.48. The number of ether oxygens (including phenoxy) is 1. The largest absolute Gasteiger partial charge is 0.456 e. The standard InChI is InChI=1S/C15H21NO2/c1-9-10-7-8-13(16)12(10)6-5-11(9)14(17)18-15(2,3)4/h5-6,13H,7-8,16H2,1-4H3/p+1/t13-/m0/s1. The molecule has 1 atom stereocenters. The van der Waals surface area contributed by atoms with Gasteiger partial charge in [0.25, 0.3) is 0 Å². The molecule has 0 aromatic heterocycles. The first-order chi connectivity index (χ1) is 8.29. The molecule has 0 unspecified atom stereocenters. The molecule has 1 aromatic carbocycles. The number of esters is 1. The molecule has 3 N–H and O–H groups in total. The molecule has 0 amide bonds. The predicted molar refractivity (Wildman–Crippen MR) is 70.3 cm³/mol. The zero-order valence-corrected chi connectivity index (χ0v) is 11.7. The van der Waals surface area contributed by atoms with Crippen molar-refractivity contribution in [2.24, 2.45) is 0 Å². The maximum absolute atomic E-state index is 12.1. The monoisotopic (exact) mass is 248 g/mol. The van der Waals surface area contributed by atoms with Crippen molar-refractivity contribution >= 4 is 5.97 Å². The smallest absolute Gasteiger partial charge is 0.338 e. The van der Waals surface area contributed by atoms with E-state index in [0.29, 0.717) is 11.6 Å². The highest BCUT2D eigenvalue weighted by atomic mass is 16.6. The lowest BCUT2D eigenvalue weighted by atomic mass is 9.98.